The zero-order chi connectivity index (χ0) is 13.1. The molecule has 1 aliphatic heterocycles. The van der Waals surface area contributed by atoms with Crippen LogP contribution in [0.1, 0.15) is 33.6 Å². The standard InChI is InChI=1S/C15H22O3/c1-8(2)9-4-5-15(3)10(6-16)12(9)13-11(15)7-18-14(13)17/h8-10,12,16H,4-7H2,1-3H3/t9-,10+,12+,15+/m1/s1. The first kappa shape index (κ1) is 12.2. The van der Waals surface area contributed by atoms with Crippen LogP contribution in [0.25, 0.3) is 0 Å². The molecule has 0 radical (unpaired) electrons. The molecule has 3 rings (SSSR count). The van der Waals surface area contributed by atoms with E-state index in [0.29, 0.717) is 18.4 Å². The highest BCUT2D eigenvalue weighted by molar-refractivity contribution is 5.94. The highest BCUT2D eigenvalue weighted by Gasteiger charge is 2.59. The van der Waals surface area contributed by atoms with E-state index in [0.717, 1.165) is 18.4 Å². The van der Waals surface area contributed by atoms with Gasteiger partial charge in [0, 0.05) is 18.1 Å². The molecule has 18 heavy (non-hydrogen) atoms. The highest BCUT2D eigenvalue weighted by atomic mass is 16.5. The normalized spacial score (nSPS) is 42.5. The van der Waals surface area contributed by atoms with Gasteiger partial charge in [-0.25, -0.2) is 4.79 Å². The molecule has 1 saturated carbocycles. The van der Waals surface area contributed by atoms with E-state index in [2.05, 4.69) is 20.8 Å². The number of fused-ring (bicyclic) bond motifs is 4. The lowest BCUT2D eigenvalue weighted by atomic mass is 9.59. The van der Waals surface area contributed by atoms with Gasteiger partial charge in [0.05, 0.1) is 0 Å². The van der Waals surface area contributed by atoms with Gasteiger partial charge in [-0.3, -0.25) is 0 Å². The average Bonchev–Trinajstić information content (AvgIpc) is 2.76. The van der Waals surface area contributed by atoms with Crippen LogP contribution >= 0.6 is 0 Å². The largest absolute Gasteiger partial charge is 0.458 e. The minimum atomic E-state index is -0.121. The first-order valence-electron chi connectivity index (χ1n) is 7.02. The molecule has 2 aliphatic carbocycles. The van der Waals surface area contributed by atoms with Crippen molar-refractivity contribution in [1.29, 1.82) is 0 Å². The summed E-state index contributed by atoms with van der Waals surface area (Å²) < 4.78 is 5.25. The average molecular weight is 250 g/mol. The van der Waals surface area contributed by atoms with Crippen molar-refractivity contribution in [3.05, 3.63) is 11.1 Å². The second kappa shape index (κ2) is 3.83. The molecule has 3 nitrogen and oxygen atoms in total. The fourth-order valence-electron chi connectivity index (χ4n) is 4.61. The molecule has 0 spiro atoms. The van der Waals surface area contributed by atoms with E-state index in [4.69, 9.17) is 4.74 Å². The number of carbonyl (C=O) groups is 1. The molecule has 4 atom stereocenters. The maximum atomic E-state index is 12.0. The van der Waals surface area contributed by atoms with E-state index in [-0.39, 0.29) is 29.8 Å². The van der Waals surface area contributed by atoms with E-state index in [1.807, 2.05) is 0 Å². The van der Waals surface area contributed by atoms with Gasteiger partial charge in [-0.15, -0.1) is 0 Å². The quantitative estimate of drug-likeness (QED) is 0.764. The van der Waals surface area contributed by atoms with Gasteiger partial charge in [0.2, 0.25) is 0 Å². The molecule has 1 heterocycles. The summed E-state index contributed by atoms with van der Waals surface area (Å²) in [5, 5.41) is 9.80. The number of ether oxygens (including phenoxy) is 1. The second-order valence-electron chi connectivity index (χ2n) is 6.65. The van der Waals surface area contributed by atoms with Gasteiger partial charge in [-0.05, 0) is 41.6 Å². The van der Waals surface area contributed by atoms with Gasteiger partial charge >= 0.3 is 5.97 Å². The van der Waals surface area contributed by atoms with Crippen LogP contribution in [-0.4, -0.2) is 24.3 Å². The van der Waals surface area contributed by atoms with Crippen molar-refractivity contribution < 1.29 is 14.6 Å². The lowest BCUT2D eigenvalue weighted by Crippen LogP contribution is -2.42. The molecule has 3 aliphatic rings. The maximum absolute atomic E-state index is 12.0. The fraction of sp³-hybridized carbons (Fsp3) is 0.800. The Kier molecular flexibility index (Phi) is 2.60. The van der Waals surface area contributed by atoms with Crippen molar-refractivity contribution in [2.75, 3.05) is 13.2 Å². The number of aliphatic hydroxyl groups excluding tert-OH is 1. The topological polar surface area (TPSA) is 46.5 Å². The molecule has 1 fully saturated rings. The van der Waals surface area contributed by atoms with Crippen molar-refractivity contribution in [3.8, 4) is 0 Å². The van der Waals surface area contributed by atoms with E-state index in [1.54, 1.807) is 0 Å². The van der Waals surface area contributed by atoms with Gasteiger partial charge in [0.25, 0.3) is 0 Å². The lowest BCUT2D eigenvalue weighted by Gasteiger charge is -2.45. The molecule has 3 heteroatoms. The number of rotatable bonds is 2. The molecule has 1 N–H and O–H groups in total. The van der Waals surface area contributed by atoms with Crippen molar-refractivity contribution >= 4 is 5.97 Å². The molecular formula is C15H22O3. The minimum Gasteiger partial charge on any atom is -0.458 e. The van der Waals surface area contributed by atoms with E-state index < -0.39 is 0 Å². The summed E-state index contributed by atoms with van der Waals surface area (Å²) in [7, 11) is 0. The summed E-state index contributed by atoms with van der Waals surface area (Å²) >= 11 is 0. The van der Waals surface area contributed by atoms with Gasteiger partial charge in [0.15, 0.2) is 0 Å². The summed E-state index contributed by atoms with van der Waals surface area (Å²) in [5.74, 6) is 1.38. The smallest absolute Gasteiger partial charge is 0.334 e. The third-order valence-electron chi connectivity index (χ3n) is 5.68. The Labute approximate surface area is 108 Å². The molecule has 100 valence electrons. The molecule has 0 aromatic heterocycles. The van der Waals surface area contributed by atoms with Crippen LogP contribution in [-0.2, 0) is 9.53 Å². The summed E-state index contributed by atoms with van der Waals surface area (Å²) in [4.78, 5) is 12.0. The number of hydrogen-bond acceptors (Lipinski definition) is 3. The number of carbonyl (C=O) groups excluding carboxylic acids is 1. The Bertz CT molecular complexity index is 423. The van der Waals surface area contributed by atoms with Gasteiger partial charge in [-0.2, -0.15) is 0 Å². The third-order valence-corrected chi connectivity index (χ3v) is 5.68. The number of cyclic esters (lactones) is 1. The lowest BCUT2D eigenvalue weighted by molar-refractivity contribution is -0.138. The molecular weight excluding hydrogens is 228 g/mol. The molecule has 0 aromatic rings. The zero-order valence-electron chi connectivity index (χ0n) is 11.4. The van der Waals surface area contributed by atoms with Crippen molar-refractivity contribution in [3.63, 3.8) is 0 Å². The van der Waals surface area contributed by atoms with Crippen molar-refractivity contribution in [2.24, 2.45) is 29.1 Å². The predicted molar refractivity (Wildman–Crippen MR) is 67.7 cm³/mol. The Morgan fingerprint density at radius 2 is 2.22 bits per heavy atom. The highest BCUT2D eigenvalue weighted by Crippen LogP contribution is 2.62. The SMILES string of the molecule is CC(C)[C@H]1CC[C@]2(C)C3=C(C(=O)OC3)[C@@H]1[C@@H]2CO. The van der Waals surface area contributed by atoms with Crippen molar-refractivity contribution in [2.45, 2.75) is 33.6 Å². The minimum absolute atomic E-state index is 0.00764. The number of aliphatic hydroxyl groups is 1. The maximum Gasteiger partial charge on any atom is 0.334 e. The van der Waals surface area contributed by atoms with Gasteiger partial charge in [0.1, 0.15) is 6.61 Å². The molecule has 2 bridgehead atoms. The second-order valence-corrected chi connectivity index (χ2v) is 6.65. The van der Waals surface area contributed by atoms with E-state index in [1.165, 1.54) is 5.57 Å². The molecule has 0 unspecified atom stereocenters. The summed E-state index contributed by atoms with van der Waals surface area (Å²) in [5.41, 5.74) is 2.11. The monoisotopic (exact) mass is 250 g/mol. The van der Waals surface area contributed by atoms with Crippen LogP contribution < -0.4 is 0 Å². The number of esters is 1. The molecule has 0 aromatic carbocycles. The summed E-state index contributed by atoms with van der Waals surface area (Å²) in [6.45, 7) is 7.30. The first-order valence-corrected chi connectivity index (χ1v) is 7.02. The summed E-state index contributed by atoms with van der Waals surface area (Å²) in [6, 6.07) is 0. The van der Waals surface area contributed by atoms with Crippen molar-refractivity contribution in [1.82, 2.24) is 0 Å². The summed E-state index contributed by atoms with van der Waals surface area (Å²) in [6.07, 6.45) is 2.24. The van der Waals surface area contributed by atoms with E-state index >= 15 is 0 Å². The van der Waals surface area contributed by atoms with E-state index in [9.17, 15) is 9.90 Å². The molecule has 0 amide bonds. The van der Waals surface area contributed by atoms with Gasteiger partial charge in [-0.1, -0.05) is 20.8 Å². The molecule has 0 saturated heterocycles. The third kappa shape index (κ3) is 1.31. The Morgan fingerprint density at radius 1 is 1.50 bits per heavy atom. The predicted octanol–water partition coefficient (Wildman–Crippen LogP) is 2.15. The van der Waals surface area contributed by atoms with Crippen LogP contribution in [0, 0.1) is 29.1 Å². The van der Waals surface area contributed by atoms with Crippen LogP contribution in [0.2, 0.25) is 0 Å². The Hall–Kier alpha value is -0.830. The van der Waals surface area contributed by atoms with Crippen LogP contribution in [0.3, 0.4) is 0 Å². The van der Waals surface area contributed by atoms with Gasteiger partial charge < -0.3 is 9.84 Å². The Balaban J connectivity index is 2.09. The number of hydrogen-bond donors (Lipinski definition) is 1. The van der Waals surface area contributed by atoms with Crippen LogP contribution in [0.15, 0.2) is 11.1 Å². The first-order chi connectivity index (χ1) is 8.50. The van der Waals surface area contributed by atoms with Crippen LogP contribution in [0.4, 0.5) is 0 Å². The Morgan fingerprint density at radius 3 is 2.83 bits per heavy atom. The van der Waals surface area contributed by atoms with Crippen LogP contribution in [0.5, 0.6) is 0 Å². The zero-order valence-corrected chi connectivity index (χ0v) is 11.4. The fourth-order valence-corrected chi connectivity index (χ4v) is 4.61.